The maximum absolute atomic E-state index is 11.6. The van der Waals surface area contributed by atoms with Gasteiger partial charge in [-0.25, -0.2) is 4.79 Å². The quantitative estimate of drug-likeness (QED) is 0.786. The third-order valence-corrected chi connectivity index (χ3v) is 2.85. The molecule has 0 saturated carbocycles. The summed E-state index contributed by atoms with van der Waals surface area (Å²) >= 11 is 6.73. The van der Waals surface area contributed by atoms with Crippen LogP contribution in [0.25, 0.3) is 0 Å². The molecule has 2 amide bonds. The highest BCUT2D eigenvalue weighted by molar-refractivity contribution is 9.11. The fourth-order valence-corrected chi connectivity index (χ4v) is 1.79. The highest BCUT2D eigenvalue weighted by Crippen LogP contribution is 2.26. The van der Waals surface area contributed by atoms with E-state index in [0.717, 1.165) is 14.6 Å². The Balaban J connectivity index is 2.73. The molecule has 88 valence electrons. The molecule has 0 spiro atoms. The van der Waals surface area contributed by atoms with Crippen molar-refractivity contribution < 1.29 is 4.79 Å². The molecule has 0 fully saturated rings. The van der Waals surface area contributed by atoms with Crippen molar-refractivity contribution in [3.8, 4) is 0 Å². The van der Waals surface area contributed by atoms with E-state index in [9.17, 15) is 4.79 Å². The standard InChI is InChI=1S/C11H14Br2N2O/c1-11(2,3)15-10(16)14-9-6-7(12)4-5-8(9)13/h4-6H,1-3H3,(H2,14,15,16). The van der Waals surface area contributed by atoms with Gasteiger partial charge in [0.2, 0.25) is 0 Å². The first kappa shape index (κ1) is 13.5. The van der Waals surface area contributed by atoms with Crippen LogP contribution in [0.15, 0.2) is 27.1 Å². The van der Waals surface area contributed by atoms with Gasteiger partial charge in [-0.1, -0.05) is 15.9 Å². The van der Waals surface area contributed by atoms with Crippen molar-refractivity contribution in [3.63, 3.8) is 0 Å². The van der Waals surface area contributed by atoms with Gasteiger partial charge < -0.3 is 10.6 Å². The predicted molar refractivity (Wildman–Crippen MR) is 73.7 cm³/mol. The fraction of sp³-hybridized carbons (Fsp3) is 0.364. The minimum absolute atomic E-state index is 0.216. The molecule has 0 unspecified atom stereocenters. The minimum Gasteiger partial charge on any atom is -0.333 e. The summed E-state index contributed by atoms with van der Waals surface area (Å²) in [5, 5.41) is 5.61. The molecule has 0 aliphatic rings. The van der Waals surface area contributed by atoms with Crippen LogP contribution >= 0.6 is 31.9 Å². The molecule has 2 N–H and O–H groups in total. The maximum Gasteiger partial charge on any atom is 0.319 e. The summed E-state index contributed by atoms with van der Waals surface area (Å²) in [6.07, 6.45) is 0. The van der Waals surface area contributed by atoms with E-state index in [4.69, 9.17) is 0 Å². The fourth-order valence-electron chi connectivity index (χ4n) is 1.09. The van der Waals surface area contributed by atoms with E-state index in [1.54, 1.807) is 0 Å². The van der Waals surface area contributed by atoms with Crippen molar-refractivity contribution in [2.24, 2.45) is 0 Å². The van der Waals surface area contributed by atoms with Crippen molar-refractivity contribution in [2.45, 2.75) is 26.3 Å². The second-order valence-corrected chi connectivity index (χ2v) is 6.22. The molecule has 5 heteroatoms. The van der Waals surface area contributed by atoms with Crippen LogP contribution < -0.4 is 10.6 Å². The first-order valence-corrected chi connectivity index (χ1v) is 6.41. The van der Waals surface area contributed by atoms with Gasteiger partial charge in [0.25, 0.3) is 0 Å². The number of hydrogen-bond acceptors (Lipinski definition) is 1. The van der Waals surface area contributed by atoms with Gasteiger partial charge in [-0.2, -0.15) is 0 Å². The maximum atomic E-state index is 11.6. The van der Waals surface area contributed by atoms with Crippen LogP contribution in [0.3, 0.4) is 0 Å². The van der Waals surface area contributed by atoms with Crippen LogP contribution in [-0.2, 0) is 0 Å². The largest absolute Gasteiger partial charge is 0.333 e. The highest BCUT2D eigenvalue weighted by atomic mass is 79.9. The first-order chi connectivity index (χ1) is 7.28. The number of carbonyl (C=O) groups is 1. The summed E-state index contributed by atoms with van der Waals surface area (Å²) in [7, 11) is 0. The highest BCUT2D eigenvalue weighted by Gasteiger charge is 2.14. The van der Waals surface area contributed by atoms with Crippen molar-refractivity contribution in [1.29, 1.82) is 0 Å². The summed E-state index contributed by atoms with van der Waals surface area (Å²) in [6.45, 7) is 5.80. The summed E-state index contributed by atoms with van der Waals surface area (Å²) in [5.74, 6) is 0. The van der Waals surface area contributed by atoms with Crippen LogP contribution in [0.4, 0.5) is 10.5 Å². The number of amides is 2. The van der Waals surface area contributed by atoms with Gasteiger partial charge in [0.05, 0.1) is 5.69 Å². The molecule has 0 bridgehead atoms. The third-order valence-electron chi connectivity index (χ3n) is 1.67. The second-order valence-electron chi connectivity index (χ2n) is 4.45. The van der Waals surface area contributed by atoms with E-state index in [1.807, 2.05) is 39.0 Å². The van der Waals surface area contributed by atoms with E-state index < -0.39 is 0 Å². The molecule has 0 radical (unpaired) electrons. The lowest BCUT2D eigenvalue weighted by Crippen LogP contribution is -2.43. The number of nitrogens with one attached hydrogen (secondary N) is 2. The van der Waals surface area contributed by atoms with Gasteiger partial charge in [0.1, 0.15) is 0 Å². The molecule has 1 rings (SSSR count). The van der Waals surface area contributed by atoms with Gasteiger partial charge in [-0.3, -0.25) is 0 Å². The van der Waals surface area contributed by atoms with E-state index in [0.29, 0.717) is 0 Å². The minimum atomic E-state index is -0.247. The Morgan fingerprint density at radius 1 is 1.25 bits per heavy atom. The Bertz CT molecular complexity index is 399. The summed E-state index contributed by atoms with van der Waals surface area (Å²) in [4.78, 5) is 11.6. The normalized spacial score (nSPS) is 11.1. The second kappa shape index (κ2) is 5.19. The summed E-state index contributed by atoms with van der Waals surface area (Å²) < 4.78 is 1.77. The van der Waals surface area contributed by atoms with Crippen molar-refractivity contribution >= 4 is 43.6 Å². The number of benzene rings is 1. The molecule has 1 aromatic rings. The lowest BCUT2D eigenvalue weighted by atomic mass is 10.1. The molecule has 1 aromatic carbocycles. The van der Waals surface area contributed by atoms with Gasteiger partial charge in [0.15, 0.2) is 0 Å². The van der Waals surface area contributed by atoms with Crippen molar-refractivity contribution in [2.75, 3.05) is 5.32 Å². The van der Waals surface area contributed by atoms with E-state index in [2.05, 4.69) is 42.5 Å². The van der Waals surface area contributed by atoms with Crippen LogP contribution in [0, 0.1) is 0 Å². The Morgan fingerprint density at radius 2 is 1.88 bits per heavy atom. The lowest BCUT2D eigenvalue weighted by molar-refractivity contribution is 0.244. The lowest BCUT2D eigenvalue weighted by Gasteiger charge is -2.21. The monoisotopic (exact) mass is 348 g/mol. The van der Waals surface area contributed by atoms with Crippen molar-refractivity contribution in [1.82, 2.24) is 5.32 Å². The topological polar surface area (TPSA) is 41.1 Å². The smallest absolute Gasteiger partial charge is 0.319 e. The zero-order valence-electron chi connectivity index (χ0n) is 9.40. The Morgan fingerprint density at radius 3 is 2.44 bits per heavy atom. The Kier molecular flexibility index (Phi) is 4.38. The van der Waals surface area contributed by atoms with E-state index in [1.165, 1.54) is 0 Å². The molecule has 0 aromatic heterocycles. The number of rotatable bonds is 1. The third kappa shape index (κ3) is 4.53. The average molecular weight is 350 g/mol. The van der Waals surface area contributed by atoms with Crippen molar-refractivity contribution in [3.05, 3.63) is 27.1 Å². The zero-order chi connectivity index (χ0) is 12.3. The van der Waals surface area contributed by atoms with Crippen LogP contribution in [0.2, 0.25) is 0 Å². The molecule has 0 atom stereocenters. The summed E-state index contributed by atoms with van der Waals surface area (Å²) in [5.41, 5.74) is 0.485. The van der Waals surface area contributed by atoms with Gasteiger partial charge in [-0.15, -0.1) is 0 Å². The number of hydrogen-bond donors (Lipinski definition) is 2. The SMILES string of the molecule is CC(C)(C)NC(=O)Nc1cc(Br)ccc1Br. The number of halogens is 2. The average Bonchev–Trinajstić information content (AvgIpc) is 2.08. The number of urea groups is 1. The van der Waals surface area contributed by atoms with Gasteiger partial charge >= 0.3 is 6.03 Å². The Hall–Kier alpha value is -0.550. The van der Waals surface area contributed by atoms with Crippen LogP contribution in [0.1, 0.15) is 20.8 Å². The predicted octanol–water partition coefficient (Wildman–Crippen LogP) is 4.13. The molecule has 0 saturated heterocycles. The molecular weight excluding hydrogens is 336 g/mol. The van der Waals surface area contributed by atoms with E-state index >= 15 is 0 Å². The van der Waals surface area contributed by atoms with Crippen LogP contribution in [-0.4, -0.2) is 11.6 Å². The van der Waals surface area contributed by atoms with Crippen LogP contribution in [0.5, 0.6) is 0 Å². The Labute approximate surface area is 112 Å². The molecule has 16 heavy (non-hydrogen) atoms. The summed E-state index contributed by atoms with van der Waals surface area (Å²) in [6, 6.07) is 5.39. The zero-order valence-corrected chi connectivity index (χ0v) is 12.6. The first-order valence-electron chi connectivity index (χ1n) is 4.82. The molecular formula is C11H14Br2N2O. The molecule has 3 nitrogen and oxygen atoms in total. The number of carbonyl (C=O) groups excluding carboxylic acids is 1. The molecule has 0 aliphatic heterocycles. The molecule has 0 heterocycles. The molecule has 0 aliphatic carbocycles. The number of anilines is 1. The van der Waals surface area contributed by atoms with Gasteiger partial charge in [0, 0.05) is 14.5 Å². The van der Waals surface area contributed by atoms with Gasteiger partial charge in [-0.05, 0) is 54.9 Å². The van der Waals surface area contributed by atoms with E-state index in [-0.39, 0.29) is 11.6 Å².